The second kappa shape index (κ2) is 5.37. The number of para-hydroxylation sites is 1. The molecule has 3 rings (SSSR count). The number of ether oxygens (including phenoxy) is 2. The van der Waals surface area contributed by atoms with E-state index in [2.05, 4.69) is 0 Å². The van der Waals surface area contributed by atoms with Crippen LogP contribution in [0.4, 0.5) is 0 Å². The Morgan fingerprint density at radius 1 is 1.00 bits per heavy atom. The lowest BCUT2D eigenvalue weighted by Gasteiger charge is -2.20. The van der Waals surface area contributed by atoms with E-state index in [-0.39, 0.29) is 5.78 Å². The van der Waals surface area contributed by atoms with Crippen LogP contribution in [0, 0.1) is 0 Å². The maximum Gasteiger partial charge on any atom is 0.173 e. The fourth-order valence-corrected chi connectivity index (χ4v) is 2.56. The molecule has 0 saturated carbocycles. The molecule has 3 heteroatoms. The number of hydrogen-bond acceptors (Lipinski definition) is 3. The molecule has 0 heterocycles. The van der Waals surface area contributed by atoms with Crippen molar-refractivity contribution >= 4 is 5.78 Å². The number of hydrogen-bond donors (Lipinski definition) is 0. The molecular formula is C17H16O3. The van der Waals surface area contributed by atoms with E-state index in [1.165, 1.54) is 0 Å². The number of ketones is 1. The Hall–Kier alpha value is -2.29. The molecule has 0 atom stereocenters. The Balaban J connectivity index is 2.08. The smallest absolute Gasteiger partial charge is 0.173 e. The van der Waals surface area contributed by atoms with E-state index in [4.69, 9.17) is 9.47 Å². The van der Waals surface area contributed by atoms with E-state index in [9.17, 15) is 4.79 Å². The number of carbonyl (C=O) groups excluding carboxylic acids is 1. The van der Waals surface area contributed by atoms with E-state index in [0.29, 0.717) is 17.9 Å². The number of benzene rings is 2. The van der Waals surface area contributed by atoms with Crippen LogP contribution in [0.2, 0.25) is 0 Å². The van der Waals surface area contributed by atoms with Gasteiger partial charge in [0, 0.05) is 17.5 Å². The zero-order chi connectivity index (χ0) is 13.9. The summed E-state index contributed by atoms with van der Waals surface area (Å²) in [6.45, 7) is 0. The topological polar surface area (TPSA) is 35.5 Å². The fraction of sp³-hybridized carbons (Fsp3) is 0.235. The average Bonchev–Trinajstić information content (AvgIpc) is 2.49. The molecule has 20 heavy (non-hydrogen) atoms. The van der Waals surface area contributed by atoms with Crippen molar-refractivity contribution in [3.63, 3.8) is 0 Å². The number of carbonyl (C=O) groups is 1. The molecule has 0 amide bonds. The normalized spacial score (nSPS) is 13.8. The van der Waals surface area contributed by atoms with Gasteiger partial charge in [-0.15, -0.1) is 0 Å². The third-order valence-corrected chi connectivity index (χ3v) is 3.54. The molecule has 2 aromatic rings. The molecule has 0 N–H and O–H groups in total. The Kier molecular flexibility index (Phi) is 3.42. The van der Waals surface area contributed by atoms with Gasteiger partial charge in [-0.25, -0.2) is 0 Å². The summed E-state index contributed by atoms with van der Waals surface area (Å²) in [7, 11) is 1.62. The molecule has 2 aromatic carbocycles. The highest BCUT2D eigenvalue weighted by Gasteiger charge is 2.23. The van der Waals surface area contributed by atoms with Crippen LogP contribution in [0.25, 0.3) is 0 Å². The number of methoxy groups -OCH3 is 1. The summed E-state index contributed by atoms with van der Waals surface area (Å²) in [5.41, 5.74) is 1.73. The first-order chi connectivity index (χ1) is 9.79. The first-order valence-corrected chi connectivity index (χ1v) is 6.75. The van der Waals surface area contributed by atoms with Crippen LogP contribution in [0.15, 0.2) is 42.5 Å². The van der Waals surface area contributed by atoms with Gasteiger partial charge in [0.15, 0.2) is 17.3 Å². The minimum Gasteiger partial charge on any atom is -0.493 e. The third-order valence-electron chi connectivity index (χ3n) is 3.54. The summed E-state index contributed by atoms with van der Waals surface area (Å²) in [5.74, 6) is 2.27. The average molecular weight is 268 g/mol. The van der Waals surface area contributed by atoms with E-state index in [1.54, 1.807) is 13.2 Å². The van der Waals surface area contributed by atoms with Gasteiger partial charge in [0.2, 0.25) is 0 Å². The summed E-state index contributed by atoms with van der Waals surface area (Å²) in [5, 5.41) is 0. The molecule has 0 saturated heterocycles. The monoisotopic (exact) mass is 268 g/mol. The highest BCUT2D eigenvalue weighted by molar-refractivity contribution is 5.99. The molecule has 0 radical (unpaired) electrons. The first-order valence-electron chi connectivity index (χ1n) is 6.75. The van der Waals surface area contributed by atoms with Crippen LogP contribution in [0.5, 0.6) is 17.2 Å². The van der Waals surface area contributed by atoms with Crippen LogP contribution < -0.4 is 9.47 Å². The highest BCUT2D eigenvalue weighted by atomic mass is 16.5. The molecule has 0 fully saturated rings. The number of fused-ring (bicyclic) bond motifs is 1. The molecule has 1 aliphatic rings. The van der Waals surface area contributed by atoms with E-state index < -0.39 is 0 Å². The Morgan fingerprint density at radius 3 is 2.55 bits per heavy atom. The minimum atomic E-state index is 0.187. The lowest BCUT2D eigenvalue weighted by molar-refractivity contribution is 0.0971. The maximum absolute atomic E-state index is 12.0. The zero-order valence-electron chi connectivity index (χ0n) is 11.4. The van der Waals surface area contributed by atoms with Gasteiger partial charge in [0.25, 0.3) is 0 Å². The molecule has 1 aliphatic carbocycles. The highest BCUT2D eigenvalue weighted by Crippen LogP contribution is 2.40. The third kappa shape index (κ3) is 2.27. The van der Waals surface area contributed by atoms with Crippen molar-refractivity contribution in [3.05, 3.63) is 53.6 Å². The molecule has 0 bridgehead atoms. The van der Waals surface area contributed by atoms with Crippen molar-refractivity contribution in [3.8, 4) is 17.2 Å². The van der Waals surface area contributed by atoms with E-state index in [0.717, 1.165) is 29.7 Å². The van der Waals surface area contributed by atoms with E-state index >= 15 is 0 Å². The van der Waals surface area contributed by atoms with Gasteiger partial charge >= 0.3 is 0 Å². The van der Waals surface area contributed by atoms with Gasteiger partial charge in [-0.2, -0.15) is 0 Å². The van der Waals surface area contributed by atoms with Crippen LogP contribution in [-0.2, 0) is 6.42 Å². The summed E-state index contributed by atoms with van der Waals surface area (Å²) in [6.07, 6.45) is 2.33. The Morgan fingerprint density at radius 2 is 1.80 bits per heavy atom. The summed E-state index contributed by atoms with van der Waals surface area (Å²) >= 11 is 0. The van der Waals surface area contributed by atoms with Crippen molar-refractivity contribution in [1.29, 1.82) is 0 Å². The van der Waals surface area contributed by atoms with Gasteiger partial charge in [-0.3, -0.25) is 4.79 Å². The predicted octanol–water partition coefficient (Wildman–Crippen LogP) is 4.01. The standard InChI is InChI=1S/C17H16O3/c1-19-16-11-10-13-14(8-5-9-15(13)18)17(16)20-12-6-3-2-4-7-12/h2-4,6-7,10-11H,5,8-9H2,1H3. The largest absolute Gasteiger partial charge is 0.493 e. The summed E-state index contributed by atoms with van der Waals surface area (Å²) in [6, 6.07) is 13.2. The van der Waals surface area contributed by atoms with Crippen molar-refractivity contribution in [2.24, 2.45) is 0 Å². The SMILES string of the molecule is COc1ccc2c(c1Oc1ccccc1)CCCC2=O. The summed E-state index contributed by atoms with van der Waals surface area (Å²) < 4.78 is 11.4. The molecule has 0 unspecified atom stereocenters. The number of Topliss-reactive ketones (excluding diaryl/α,β-unsaturated/α-hetero) is 1. The Bertz CT molecular complexity index is 632. The lowest BCUT2D eigenvalue weighted by Crippen LogP contribution is -2.12. The van der Waals surface area contributed by atoms with Crippen LogP contribution in [-0.4, -0.2) is 12.9 Å². The molecular weight excluding hydrogens is 252 g/mol. The maximum atomic E-state index is 12.0. The minimum absolute atomic E-state index is 0.187. The van der Waals surface area contributed by atoms with E-state index in [1.807, 2.05) is 36.4 Å². The van der Waals surface area contributed by atoms with Gasteiger partial charge < -0.3 is 9.47 Å². The van der Waals surface area contributed by atoms with Crippen molar-refractivity contribution in [1.82, 2.24) is 0 Å². The first kappa shape index (κ1) is 12.7. The molecule has 3 nitrogen and oxygen atoms in total. The second-order valence-electron chi connectivity index (χ2n) is 4.81. The van der Waals surface area contributed by atoms with Gasteiger partial charge in [-0.05, 0) is 37.1 Å². The lowest BCUT2D eigenvalue weighted by atomic mass is 9.89. The van der Waals surface area contributed by atoms with Gasteiger partial charge in [0.1, 0.15) is 5.75 Å². The second-order valence-corrected chi connectivity index (χ2v) is 4.81. The van der Waals surface area contributed by atoms with Crippen molar-refractivity contribution in [2.75, 3.05) is 7.11 Å². The predicted molar refractivity (Wildman–Crippen MR) is 76.8 cm³/mol. The summed E-state index contributed by atoms with van der Waals surface area (Å²) in [4.78, 5) is 12.0. The molecule has 0 spiro atoms. The van der Waals surface area contributed by atoms with Gasteiger partial charge in [0.05, 0.1) is 7.11 Å². The van der Waals surface area contributed by atoms with Crippen molar-refractivity contribution in [2.45, 2.75) is 19.3 Å². The van der Waals surface area contributed by atoms with Crippen LogP contribution in [0.1, 0.15) is 28.8 Å². The number of rotatable bonds is 3. The Labute approximate surface area is 118 Å². The molecule has 0 aliphatic heterocycles. The van der Waals surface area contributed by atoms with Gasteiger partial charge in [-0.1, -0.05) is 18.2 Å². The fourth-order valence-electron chi connectivity index (χ4n) is 2.56. The molecule has 102 valence electrons. The van der Waals surface area contributed by atoms with Crippen LogP contribution >= 0.6 is 0 Å². The zero-order valence-corrected chi connectivity index (χ0v) is 11.4. The quantitative estimate of drug-likeness (QED) is 0.843. The van der Waals surface area contributed by atoms with Crippen LogP contribution in [0.3, 0.4) is 0 Å². The molecule has 0 aromatic heterocycles. The van der Waals surface area contributed by atoms with Crippen molar-refractivity contribution < 1.29 is 14.3 Å².